The standard InChI is InChI=1S/C17H29N3S/c1-3-15(18)17(16-8-7-13(2)21-16)20-11-5-10-19-9-4-6-14(19)12-20/h7-8,14-15,17H,3-6,9-12,18H2,1-2H3. The molecule has 2 aliphatic rings. The van der Waals surface area contributed by atoms with E-state index in [-0.39, 0.29) is 6.04 Å². The van der Waals surface area contributed by atoms with Gasteiger partial charge >= 0.3 is 0 Å². The van der Waals surface area contributed by atoms with Gasteiger partial charge in [0.2, 0.25) is 0 Å². The van der Waals surface area contributed by atoms with E-state index in [0.29, 0.717) is 6.04 Å². The third kappa shape index (κ3) is 3.34. The Balaban J connectivity index is 1.81. The molecule has 3 atom stereocenters. The van der Waals surface area contributed by atoms with Crippen LogP contribution in [0, 0.1) is 6.92 Å². The Morgan fingerprint density at radius 3 is 2.81 bits per heavy atom. The van der Waals surface area contributed by atoms with Gasteiger partial charge in [0.05, 0.1) is 6.04 Å². The fourth-order valence-corrected chi connectivity index (χ4v) is 5.07. The Labute approximate surface area is 133 Å². The maximum Gasteiger partial charge on any atom is 0.0594 e. The summed E-state index contributed by atoms with van der Waals surface area (Å²) in [4.78, 5) is 8.26. The summed E-state index contributed by atoms with van der Waals surface area (Å²) in [6, 6.07) is 5.97. The van der Waals surface area contributed by atoms with Gasteiger partial charge in [0.1, 0.15) is 0 Å². The molecule has 0 amide bonds. The molecule has 3 unspecified atom stereocenters. The number of thiophene rings is 1. The molecule has 0 saturated carbocycles. The summed E-state index contributed by atoms with van der Waals surface area (Å²) in [6.45, 7) is 9.40. The van der Waals surface area contributed by atoms with E-state index in [2.05, 4.69) is 35.8 Å². The van der Waals surface area contributed by atoms with Crippen LogP contribution in [0.5, 0.6) is 0 Å². The number of rotatable bonds is 4. The van der Waals surface area contributed by atoms with Gasteiger partial charge in [-0.05, 0) is 57.8 Å². The average Bonchev–Trinajstić information content (AvgIpc) is 3.04. The third-order valence-corrected chi connectivity index (χ3v) is 6.23. The van der Waals surface area contributed by atoms with Crippen LogP contribution in [0.2, 0.25) is 0 Å². The molecule has 0 aliphatic carbocycles. The van der Waals surface area contributed by atoms with E-state index in [1.807, 2.05) is 11.3 Å². The monoisotopic (exact) mass is 307 g/mol. The number of hydrogen-bond donors (Lipinski definition) is 1. The molecule has 118 valence electrons. The van der Waals surface area contributed by atoms with Crippen LogP contribution in [-0.4, -0.2) is 48.1 Å². The highest BCUT2D eigenvalue weighted by molar-refractivity contribution is 7.12. The van der Waals surface area contributed by atoms with Crippen LogP contribution >= 0.6 is 11.3 Å². The highest BCUT2D eigenvalue weighted by Gasteiger charge is 2.34. The summed E-state index contributed by atoms with van der Waals surface area (Å²) in [5, 5.41) is 0. The molecule has 1 aromatic heterocycles. The van der Waals surface area contributed by atoms with Gasteiger partial charge in [-0.3, -0.25) is 9.80 Å². The summed E-state index contributed by atoms with van der Waals surface area (Å²) in [6.07, 6.45) is 5.08. The number of nitrogens with zero attached hydrogens (tertiary/aromatic N) is 2. The molecule has 0 radical (unpaired) electrons. The lowest BCUT2D eigenvalue weighted by molar-refractivity contribution is 0.154. The summed E-state index contributed by atoms with van der Waals surface area (Å²) in [7, 11) is 0. The van der Waals surface area contributed by atoms with Crippen molar-refractivity contribution in [3.8, 4) is 0 Å². The molecule has 1 aromatic rings. The Kier molecular flexibility index (Phi) is 4.99. The highest BCUT2D eigenvalue weighted by atomic mass is 32.1. The molecule has 0 bridgehead atoms. The van der Waals surface area contributed by atoms with Gasteiger partial charge in [-0.15, -0.1) is 11.3 Å². The van der Waals surface area contributed by atoms with Crippen LogP contribution in [0.1, 0.15) is 48.4 Å². The van der Waals surface area contributed by atoms with Crippen molar-refractivity contribution in [3.05, 3.63) is 21.9 Å². The summed E-state index contributed by atoms with van der Waals surface area (Å²) in [5.74, 6) is 0. The normalized spacial score (nSPS) is 27.3. The Hall–Kier alpha value is -0.420. The van der Waals surface area contributed by atoms with Crippen molar-refractivity contribution in [3.63, 3.8) is 0 Å². The number of hydrogen-bond acceptors (Lipinski definition) is 4. The highest BCUT2D eigenvalue weighted by Crippen LogP contribution is 2.33. The lowest BCUT2D eigenvalue weighted by atomic mass is 10.0. The molecule has 2 fully saturated rings. The first-order valence-electron chi connectivity index (χ1n) is 8.49. The van der Waals surface area contributed by atoms with E-state index in [0.717, 1.165) is 12.5 Å². The predicted molar refractivity (Wildman–Crippen MR) is 90.8 cm³/mol. The number of nitrogens with two attached hydrogens (primary N) is 1. The van der Waals surface area contributed by atoms with E-state index in [4.69, 9.17) is 5.73 Å². The third-order valence-electron chi connectivity index (χ3n) is 5.16. The second-order valence-corrected chi connectivity index (χ2v) is 7.97. The Bertz CT molecular complexity index is 459. The van der Waals surface area contributed by atoms with Gasteiger partial charge in [0.25, 0.3) is 0 Å². The van der Waals surface area contributed by atoms with Gasteiger partial charge in [-0.2, -0.15) is 0 Å². The van der Waals surface area contributed by atoms with E-state index in [9.17, 15) is 0 Å². The molecule has 2 saturated heterocycles. The lowest BCUT2D eigenvalue weighted by Gasteiger charge is -2.35. The van der Waals surface area contributed by atoms with Gasteiger partial charge in [-0.25, -0.2) is 0 Å². The molecule has 4 heteroatoms. The molecule has 2 N–H and O–H groups in total. The van der Waals surface area contributed by atoms with E-state index < -0.39 is 0 Å². The minimum absolute atomic E-state index is 0.246. The molecule has 3 rings (SSSR count). The van der Waals surface area contributed by atoms with Crippen molar-refractivity contribution in [2.24, 2.45) is 5.73 Å². The first kappa shape index (κ1) is 15.5. The first-order valence-corrected chi connectivity index (χ1v) is 9.30. The van der Waals surface area contributed by atoms with E-state index in [1.54, 1.807) is 0 Å². The van der Waals surface area contributed by atoms with Crippen LogP contribution < -0.4 is 5.73 Å². The van der Waals surface area contributed by atoms with Crippen molar-refractivity contribution >= 4 is 11.3 Å². The average molecular weight is 308 g/mol. The van der Waals surface area contributed by atoms with Crippen LogP contribution in [-0.2, 0) is 0 Å². The molecule has 0 aromatic carbocycles. The van der Waals surface area contributed by atoms with E-state index in [1.165, 1.54) is 55.2 Å². The second kappa shape index (κ2) is 6.78. The van der Waals surface area contributed by atoms with Crippen LogP contribution in [0.3, 0.4) is 0 Å². The number of aryl methyl sites for hydroxylation is 1. The van der Waals surface area contributed by atoms with Crippen LogP contribution in [0.15, 0.2) is 12.1 Å². The summed E-state index contributed by atoms with van der Waals surface area (Å²) < 4.78 is 0. The predicted octanol–water partition coefficient (Wildman–Crippen LogP) is 3.01. The minimum atomic E-state index is 0.246. The topological polar surface area (TPSA) is 32.5 Å². The second-order valence-electron chi connectivity index (χ2n) is 6.65. The molecule has 3 nitrogen and oxygen atoms in total. The molecular formula is C17H29N3S. The molecule has 0 spiro atoms. The van der Waals surface area contributed by atoms with Gasteiger partial charge < -0.3 is 5.73 Å². The van der Waals surface area contributed by atoms with Crippen molar-refractivity contribution in [1.82, 2.24) is 9.80 Å². The quantitative estimate of drug-likeness (QED) is 0.928. The number of fused-ring (bicyclic) bond motifs is 1. The maximum absolute atomic E-state index is 6.53. The van der Waals surface area contributed by atoms with Crippen molar-refractivity contribution in [1.29, 1.82) is 0 Å². The fraction of sp³-hybridized carbons (Fsp3) is 0.765. The van der Waals surface area contributed by atoms with Gasteiger partial charge in [0, 0.05) is 34.9 Å². The Morgan fingerprint density at radius 2 is 2.10 bits per heavy atom. The van der Waals surface area contributed by atoms with E-state index >= 15 is 0 Å². The fourth-order valence-electron chi connectivity index (χ4n) is 3.99. The Morgan fingerprint density at radius 1 is 1.29 bits per heavy atom. The minimum Gasteiger partial charge on any atom is -0.326 e. The lowest BCUT2D eigenvalue weighted by Crippen LogP contribution is -2.44. The molecule has 21 heavy (non-hydrogen) atoms. The summed E-state index contributed by atoms with van der Waals surface area (Å²) >= 11 is 1.93. The largest absolute Gasteiger partial charge is 0.326 e. The molecule has 2 aliphatic heterocycles. The van der Waals surface area contributed by atoms with Crippen LogP contribution in [0.4, 0.5) is 0 Å². The maximum atomic E-state index is 6.53. The van der Waals surface area contributed by atoms with Crippen molar-refractivity contribution < 1.29 is 0 Å². The zero-order valence-corrected chi connectivity index (χ0v) is 14.2. The SMILES string of the molecule is CCC(N)C(c1ccc(C)s1)N1CCCN2CCCC2C1. The molecular weight excluding hydrogens is 278 g/mol. The van der Waals surface area contributed by atoms with Gasteiger partial charge in [-0.1, -0.05) is 6.92 Å². The first-order chi connectivity index (χ1) is 10.2. The van der Waals surface area contributed by atoms with Crippen molar-refractivity contribution in [2.75, 3.05) is 26.2 Å². The summed E-state index contributed by atoms with van der Waals surface area (Å²) in [5.41, 5.74) is 6.53. The molecule has 3 heterocycles. The van der Waals surface area contributed by atoms with Gasteiger partial charge in [0.15, 0.2) is 0 Å². The zero-order chi connectivity index (χ0) is 14.8. The smallest absolute Gasteiger partial charge is 0.0594 e. The van der Waals surface area contributed by atoms with Crippen LogP contribution in [0.25, 0.3) is 0 Å². The van der Waals surface area contributed by atoms with Crippen molar-refractivity contribution in [2.45, 2.75) is 57.7 Å². The zero-order valence-electron chi connectivity index (χ0n) is 13.4.